The van der Waals surface area contributed by atoms with Gasteiger partial charge < -0.3 is 10.5 Å². The normalized spacial score (nSPS) is 30.2. The van der Waals surface area contributed by atoms with E-state index < -0.39 is 0 Å². The van der Waals surface area contributed by atoms with Crippen molar-refractivity contribution in [2.75, 3.05) is 26.2 Å². The summed E-state index contributed by atoms with van der Waals surface area (Å²) in [5.41, 5.74) is 5.84. The van der Waals surface area contributed by atoms with Crippen LogP contribution in [0.15, 0.2) is 0 Å². The van der Waals surface area contributed by atoms with Gasteiger partial charge in [-0.05, 0) is 25.8 Å². The number of ether oxygens (including phenoxy) is 1. The summed E-state index contributed by atoms with van der Waals surface area (Å²) in [5, 5.41) is 0. The molecule has 3 nitrogen and oxygen atoms in total. The zero-order valence-corrected chi connectivity index (χ0v) is 8.95. The first-order valence-electron chi connectivity index (χ1n) is 5.94. The monoisotopic (exact) mass is 198 g/mol. The summed E-state index contributed by atoms with van der Waals surface area (Å²) >= 11 is 0. The molecule has 82 valence electrons. The van der Waals surface area contributed by atoms with Crippen LogP contribution >= 0.6 is 0 Å². The van der Waals surface area contributed by atoms with Crippen LogP contribution in [0.2, 0.25) is 0 Å². The van der Waals surface area contributed by atoms with Gasteiger partial charge in [0.05, 0.1) is 12.7 Å². The van der Waals surface area contributed by atoms with E-state index in [0.717, 1.165) is 32.7 Å². The van der Waals surface area contributed by atoms with E-state index in [1.165, 1.54) is 25.7 Å². The van der Waals surface area contributed by atoms with Crippen LogP contribution in [0.5, 0.6) is 0 Å². The Labute approximate surface area is 86.6 Å². The van der Waals surface area contributed by atoms with E-state index in [4.69, 9.17) is 10.5 Å². The summed E-state index contributed by atoms with van der Waals surface area (Å²) < 4.78 is 5.82. The smallest absolute Gasteiger partial charge is 0.0597 e. The highest BCUT2D eigenvalue weighted by Crippen LogP contribution is 2.20. The SMILES string of the molecule is NC1CCN(CCOC2CCCC2)C1. The van der Waals surface area contributed by atoms with E-state index in [-0.39, 0.29) is 0 Å². The summed E-state index contributed by atoms with van der Waals surface area (Å²) in [6.45, 7) is 4.20. The highest BCUT2D eigenvalue weighted by molar-refractivity contribution is 4.77. The summed E-state index contributed by atoms with van der Waals surface area (Å²) in [7, 11) is 0. The minimum atomic E-state index is 0.404. The third-order valence-electron chi connectivity index (χ3n) is 3.37. The Hall–Kier alpha value is -0.120. The average molecular weight is 198 g/mol. The molecular formula is C11H22N2O. The molecule has 2 N–H and O–H groups in total. The molecule has 0 aromatic carbocycles. The third-order valence-corrected chi connectivity index (χ3v) is 3.37. The van der Waals surface area contributed by atoms with Crippen molar-refractivity contribution >= 4 is 0 Å². The Morgan fingerprint density at radius 3 is 2.64 bits per heavy atom. The van der Waals surface area contributed by atoms with Crippen LogP contribution in [-0.2, 0) is 4.74 Å². The summed E-state index contributed by atoms with van der Waals surface area (Å²) in [4.78, 5) is 2.42. The van der Waals surface area contributed by atoms with Gasteiger partial charge in [0.15, 0.2) is 0 Å². The van der Waals surface area contributed by atoms with Gasteiger partial charge in [0.1, 0.15) is 0 Å². The molecule has 1 saturated heterocycles. The lowest BCUT2D eigenvalue weighted by Gasteiger charge is -2.17. The second-order valence-corrected chi connectivity index (χ2v) is 4.63. The van der Waals surface area contributed by atoms with Crippen molar-refractivity contribution in [1.82, 2.24) is 4.90 Å². The van der Waals surface area contributed by atoms with Crippen molar-refractivity contribution in [1.29, 1.82) is 0 Å². The first kappa shape index (κ1) is 10.4. The molecule has 2 fully saturated rings. The third kappa shape index (κ3) is 2.94. The lowest BCUT2D eigenvalue weighted by atomic mass is 10.3. The van der Waals surface area contributed by atoms with Crippen LogP contribution in [0.4, 0.5) is 0 Å². The van der Waals surface area contributed by atoms with Crippen molar-refractivity contribution < 1.29 is 4.74 Å². The lowest BCUT2D eigenvalue weighted by Crippen LogP contribution is -2.30. The van der Waals surface area contributed by atoms with E-state index >= 15 is 0 Å². The maximum atomic E-state index is 5.84. The van der Waals surface area contributed by atoms with Crippen LogP contribution in [0.1, 0.15) is 32.1 Å². The van der Waals surface area contributed by atoms with Crippen LogP contribution in [0, 0.1) is 0 Å². The fraction of sp³-hybridized carbons (Fsp3) is 1.00. The molecule has 0 amide bonds. The zero-order chi connectivity index (χ0) is 9.80. The second kappa shape index (κ2) is 5.10. The Balaban J connectivity index is 1.54. The van der Waals surface area contributed by atoms with Crippen molar-refractivity contribution in [3.63, 3.8) is 0 Å². The molecule has 1 heterocycles. The molecule has 0 aromatic heterocycles. The molecule has 2 rings (SSSR count). The number of hydrogen-bond acceptors (Lipinski definition) is 3. The van der Waals surface area contributed by atoms with Crippen LogP contribution < -0.4 is 5.73 Å². The fourth-order valence-electron chi connectivity index (χ4n) is 2.47. The van der Waals surface area contributed by atoms with Crippen LogP contribution in [0.3, 0.4) is 0 Å². The zero-order valence-electron chi connectivity index (χ0n) is 8.95. The van der Waals surface area contributed by atoms with Gasteiger partial charge in [-0.15, -0.1) is 0 Å². The van der Waals surface area contributed by atoms with E-state index in [1.807, 2.05) is 0 Å². The quantitative estimate of drug-likeness (QED) is 0.732. The number of rotatable bonds is 4. The Kier molecular flexibility index (Phi) is 3.79. The molecule has 3 heteroatoms. The minimum absolute atomic E-state index is 0.404. The molecule has 1 atom stereocenters. The molecular weight excluding hydrogens is 176 g/mol. The highest BCUT2D eigenvalue weighted by Gasteiger charge is 2.19. The van der Waals surface area contributed by atoms with Gasteiger partial charge in [0.2, 0.25) is 0 Å². The maximum Gasteiger partial charge on any atom is 0.0597 e. The molecule has 1 saturated carbocycles. The van der Waals surface area contributed by atoms with Gasteiger partial charge in [0, 0.05) is 19.1 Å². The van der Waals surface area contributed by atoms with Crippen molar-refractivity contribution in [2.24, 2.45) is 5.73 Å². The predicted molar refractivity (Wildman–Crippen MR) is 57.2 cm³/mol. The van der Waals surface area contributed by atoms with E-state index in [2.05, 4.69) is 4.90 Å². The van der Waals surface area contributed by atoms with Gasteiger partial charge >= 0.3 is 0 Å². The minimum Gasteiger partial charge on any atom is -0.377 e. The lowest BCUT2D eigenvalue weighted by molar-refractivity contribution is 0.0453. The number of likely N-dealkylation sites (tertiary alicyclic amines) is 1. The van der Waals surface area contributed by atoms with E-state index in [9.17, 15) is 0 Å². The Bertz CT molecular complexity index is 169. The molecule has 0 aromatic rings. The van der Waals surface area contributed by atoms with Crippen LogP contribution in [-0.4, -0.2) is 43.3 Å². The molecule has 0 spiro atoms. The number of hydrogen-bond donors (Lipinski definition) is 1. The maximum absolute atomic E-state index is 5.84. The summed E-state index contributed by atoms with van der Waals surface area (Å²) in [5.74, 6) is 0. The van der Waals surface area contributed by atoms with Gasteiger partial charge in [0.25, 0.3) is 0 Å². The van der Waals surface area contributed by atoms with E-state index in [0.29, 0.717) is 12.1 Å². The second-order valence-electron chi connectivity index (χ2n) is 4.63. The molecule has 1 aliphatic heterocycles. The molecule has 0 radical (unpaired) electrons. The fourth-order valence-corrected chi connectivity index (χ4v) is 2.47. The Morgan fingerprint density at radius 1 is 1.21 bits per heavy atom. The van der Waals surface area contributed by atoms with E-state index in [1.54, 1.807) is 0 Å². The van der Waals surface area contributed by atoms with Crippen LogP contribution in [0.25, 0.3) is 0 Å². The van der Waals surface area contributed by atoms with Crippen molar-refractivity contribution in [3.8, 4) is 0 Å². The molecule has 1 unspecified atom stereocenters. The van der Waals surface area contributed by atoms with Gasteiger partial charge in [-0.3, -0.25) is 4.90 Å². The van der Waals surface area contributed by atoms with Crippen molar-refractivity contribution in [3.05, 3.63) is 0 Å². The topological polar surface area (TPSA) is 38.5 Å². The first-order chi connectivity index (χ1) is 6.84. The molecule has 1 aliphatic carbocycles. The molecule has 0 bridgehead atoms. The van der Waals surface area contributed by atoms with Gasteiger partial charge in [-0.25, -0.2) is 0 Å². The highest BCUT2D eigenvalue weighted by atomic mass is 16.5. The molecule has 14 heavy (non-hydrogen) atoms. The average Bonchev–Trinajstić information content (AvgIpc) is 2.77. The number of nitrogens with two attached hydrogens (primary N) is 1. The molecule has 2 aliphatic rings. The van der Waals surface area contributed by atoms with Gasteiger partial charge in [-0.1, -0.05) is 12.8 Å². The standard InChI is InChI=1S/C11H22N2O/c12-10-5-6-13(9-10)7-8-14-11-3-1-2-4-11/h10-11H,1-9,12H2. The predicted octanol–water partition coefficient (Wildman–Crippen LogP) is 0.979. The number of nitrogens with zero attached hydrogens (tertiary/aromatic N) is 1. The Morgan fingerprint density at radius 2 is 2.00 bits per heavy atom. The largest absolute Gasteiger partial charge is 0.377 e. The van der Waals surface area contributed by atoms with Gasteiger partial charge in [-0.2, -0.15) is 0 Å². The first-order valence-corrected chi connectivity index (χ1v) is 5.94. The van der Waals surface area contributed by atoms with Crippen molar-refractivity contribution in [2.45, 2.75) is 44.2 Å². The summed E-state index contributed by atoms with van der Waals surface area (Å²) in [6, 6.07) is 0.404. The summed E-state index contributed by atoms with van der Waals surface area (Å²) in [6.07, 6.45) is 6.99.